The first-order valence-corrected chi connectivity index (χ1v) is 6.13. The van der Waals surface area contributed by atoms with Gasteiger partial charge < -0.3 is 10.5 Å². The number of aryl methyl sites for hydroxylation is 1. The van der Waals surface area contributed by atoms with Gasteiger partial charge in [-0.3, -0.25) is 10.1 Å². The van der Waals surface area contributed by atoms with Crippen molar-refractivity contribution in [1.82, 2.24) is 9.97 Å². The quantitative estimate of drug-likeness (QED) is 0.669. The van der Waals surface area contributed by atoms with E-state index < -0.39 is 0 Å². The number of rotatable bonds is 3. The van der Waals surface area contributed by atoms with E-state index in [0.717, 1.165) is 5.56 Å². The lowest BCUT2D eigenvalue weighted by Gasteiger charge is -2.07. The molecule has 0 atom stereocenters. The SMILES string of the molecule is COc1cc(Cl)nc(NC(=O)c2ccc(C)c(N)c2)n1. The molecule has 104 valence electrons. The third-order valence-corrected chi connectivity index (χ3v) is 2.84. The molecule has 3 N–H and O–H groups in total. The van der Waals surface area contributed by atoms with Crippen molar-refractivity contribution in [3.63, 3.8) is 0 Å². The predicted octanol–water partition coefficient (Wildman–Crippen LogP) is 2.28. The minimum Gasteiger partial charge on any atom is -0.481 e. The van der Waals surface area contributed by atoms with Gasteiger partial charge in [0.05, 0.1) is 7.11 Å². The highest BCUT2D eigenvalue weighted by Crippen LogP contribution is 2.17. The summed E-state index contributed by atoms with van der Waals surface area (Å²) in [5.74, 6) is -0.0387. The highest BCUT2D eigenvalue weighted by Gasteiger charge is 2.11. The topological polar surface area (TPSA) is 90.1 Å². The van der Waals surface area contributed by atoms with Crippen molar-refractivity contribution in [2.45, 2.75) is 6.92 Å². The van der Waals surface area contributed by atoms with Crippen molar-refractivity contribution in [3.8, 4) is 5.88 Å². The number of benzene rings is 1. The average molecular weight is 293 g/mol. The molecule has 2 rings (SSSR count). The summed E-state index contributed by atoms with van der Waals surface area (Å²) >= 11 is 5.80. The molecule has 0 fully saturated rings. The van der Waals surface area contributed by atoms with Gasteiger partial charge in [0, 0.05) is 17.3 Å². The van der Waals surface area contributed by atoms with Gasteiger partial charge in [0.1, 0.15) is 5.15 Å². The van der Waals surface area contributed by atoms with E-state index in [1.807, 2.05) is 6.92 Å². The van der Waals surface area contributed by atoms with Crippen LogP contribution in [0.5, 0.6) is 5.88 Å². The van der Waals surface area contributed by atoms with Gasteiger partial charge in [-0.05, 0) is 24.6 Å². The number of carbonyl (C=O) groups is 1. The first-order chi connectivity index (χ1) is 9.49. The molecule has 0 aliphatic heterocycles. The molecule has 0 saturated carbocycles. The molecule has 0 aliphatic carbocycles. The number of amides is 1. The molecular weight excluding hydrogens is 280 g/mol. The fraction of sp³-hybridized carbons (Fsp3) is 0.154. The lowest BCUT2D eigenvalue weighted by atomic mass is 10.1. The number of anilines is 2. The number of hydrogen-bond acceptors (Lipinski definition) is 5. The van der Waals surface area contributed by atoms with Gasteiger partial charge in [-0.2, -0.15) is 4.98 Å². The van der Waals surface area contributed by atoms with Gasteiger partial charge in [0.2, 0.25) is 11.8 Å². The number of halogens is 1. The van der Waals surface area contributed by atoms with Gasteiger partial charge in [-0.1, -0.05) is 17.7 Å². The van der Waals surface area contributed by atoms with E-state index in [2.05, 4.69) is 15.3 Å². The van der Waals surface area contributed by atoms with E-state index >= 15 is 0 Å². The van der Waals surface area contributed by atoms with Crippen molar-refractivity contribution < 1.29 is 9.53 Å². The van der Waals surface area contributed by atoms with E-state index in [-0.39, 0.29) is 22.9 Å². The third-order valence-electron chi connectivity index (χ3n) is 2.65. The smallest absolute Gasteiger partial charge is 0.258 e. The Kier molecular flexibility index (Phi) is 4.05. The molecule has 0 bridgehead atoms. The zero-order valence-corrected chi connectivity index (χ0v) is 11.7. The molecule has 1 aromatic carbocycles. The highest BCUT2D eigenvalue weighted by atomic mass is 35.5. The number of nitrogens with two attached hydrogens (primary N) is 1. The van der Waals surface area contributed by atoms with Crippen LogP contribution in [0.2, 0.25) is 5.15 Å². The second kappa shape index (κ2) is 5.75. The number of aromatic nitrogens is 2. The number of nitrogen functional groups attached to an aromatic ring is 1. The number of ether oxygens (including phenoxy) is 1. The molecule has 1 heterocycles. The first kappa shape index (κ1) is 14.1. The molecular formula is C13H13ClN4O2. The van der Waals surface area contributed by atoms with Gasteiger partial charge >= 0.3 is 0 Å². The third kappa shape index (κ3) is 3.16. The Morgan fingerprint density at radius 2 is 2.10 bits per heavy atom. The monoisotopic (exact) mass is 292 g/mol. The lowest BCUT2D eigenvalue weighted by Crippen LogP contribution is -2.15. The molecule has 1 amide bonds. The molecule has 0 unspecified atom stereocenters. The van der Waals surface area contributed by atoms with Crippen LogP contribution in [0.1, 0.15) is 15.9 Å². The fourth-order valence-corrected chi connectivity index (χ4v) is 1.69. The second-order valence-corrected chi connectivity index (χ2v) is 4.47. The highest BCUT2D eigenvalue weighted by molar-refractivity contribution is 6.29. The van der Waals surface area contributed by atoms with Crippen LogP contribution in [0, 0.1) is 6.92 Å². The number of carbonyl (C=O) groups excluding carboxylic acids is 1. The van der Waals surface area contributed by atoms with Crippen LogP contribution in [0.3, 0.4) is 0 Å². The number of hydrogen-bond donors (Lipinski definition) is 2. The Balaban J connectivity index is 2.23. The van der Waals surface area contributed by atoms with Crippen LogP contribution < -0.4 is 15.8 Å². The molecule has 1 aromatic heterocycles. The van der Waals surface area contributed by atoms with Crippen molar-refractivity contribution in [2.75, 3.05) is 18.2 Å². The molecule has 0 aliphatic rings. The van der Waals surface area contributed by atoms with Crippen LogP contribution in [0.15, 0.2) is 24.3 Å². The summed E-state index contributed by atoms with van der Waals surface area (Å²) in [6.45, 7) is 1.86. The average Bonchev–Trinajstić information content (AvgIpc) is 2.41. The Morgan fingerprint density at radius 3 is 2.75 bits per heavy atom. The summed E-state index contributed by atoms with van der Waals surface area (Å²) in [5.41, 5.74) is 7.63. The first-order valence-electron chi connectivity index (χ1n) is 5.75. The van der Waals surface area contributed by atoms with Gasteiger partial charge in [0.15, 0.2) is 0 Å². The van der Waals surface area contributed by atoms with Crippen molar-refractivity contribution in [2.24, 2.45) is 0 Å². The van der Waals surface area contributed by atoms with Crippen LogP contribution in [-0.2, 0) is 0 Å². The van der Waals surface area contributed by atoms with Crippen LogP contribution >= 0.6 is 11.6 Å². The second-order valence-electron chi connectivity index (χ2n) is 4.08. The molecule has 20 heavy (non-hydrogen) atoms. The van der Waals surface area contributed by atoms with Gasteiger partial charge in [0.25, 0.3) is 5.91 Å². The minimum atomic E-state index is -0.374. The van der Waals surface area contributed by atoms with E-state index in [1.54, 1.807) is 18.2 Å². The lowest BCUT2D eigenvalue weighted by molar-refractivity contribution is 0.102. The standard InChI is InChI=1S/C13H13ClN4O2/c1-7-3-4-8(5-9(7)15)12(19)18-13-16-10(14)6-11(17-13)20-2/h3-6H,15H2,1-2H3,(H,16,17,18,19). The molecule has 0 spiro atoms. The van der Waals surface area contributed by atoms with E-state index in [1.165, 1.54) is 13.2 Å². The Hall–Kier alpha value is -2.34. The molecule has 0 radical (unpaired) electrons. The summed E-state index contributed by atoms with van der Waals surface area (Å²) in [5, 5.41) is 2.72. The zero-order chi connectivity index (χ0) is 14.7. The van der Waals surface area contributed by atoms with Crippen molar-refractivity contribution in [3.05, 3.63) is 40.5 Å². The van der Waals surface area contributed by atoms with Gasteiger partial charge in [-0.25, -0.2) is 4.98 Å². The summed E-state index contributed by atoms with van der Waals surface area (Å²) in [4.78, 5) is 19.9. The Labute approximate surface area is 120 Å². The number of nitrogens with zero attached hydrogens (tertiary/aromatic N) is 2. The van der Waals surface area contributed by atoms with E-state index in [9.17, 15) is 4.79 Å². The minimum absolute atomic E-state index is 0.0681. The van der Waals surface area contributed by atoms with Crippen LogP contribution in [0.4, 0.5) is 11.6 Å². The Morgan fingerprint density at radius 1 is 1.35 bits per heavy atom. The summed E-state index contributed by atoms with van der Waals surface area (Å²) in [6.07, 6.45) is 0. The van der Waals surface area contributed by atoms with Gasteiger partial charge in [-0.15, -0.1) is 0 Å². The molecule has 0 saturated heterocycles. The maximum atomic E-state index is 12.1. The number of methoxy groups -OCH3 is 1. The molecule has 6 nitrogen and oxygen atoms in total. The Bertz CT molecular complexity index is 661. The van der Waals surface area contributed by atoms with E-state index in [4.69, 9.17) is 22.1 Å². The summed E-state index contributed by atoms with van der Waals surface area (Å²) in [6, 6.07) is 6.47. The normalized spacial score (nSPS) is 10.2. The number of nitrogens with one attached hydrogen (secondary N) is 1. The predicted molar refractivity (Wildman–Crippen MR) is 77.1 cm³/mol. The van der Waals surface area contributed by atoms with Crippen molar-refractivity contribution >= 4 is 29.1 Å². The van der Waals surface area contributed by atoms with E-state index in [0.29, 0.717) is 11.3 Å². The summed E-state index contributed by atoms with van der Waals surface area (Å²) < 4.78 is 4.95. The maximum absolute atomic E-state index is 12.1. The zero-order valence-electron chi connectivity index (χ0n) is 11.0. The molecule has 7 heteroatoms. The van der Waals surface area contributed by atoms with Crippen LogP contribution in [0.25, 0.3) is 0 Å². The largest absolute Gasteiger partial charge is 0.481 e. The molecule has 2 aromatic rings. The maximum Gasteiger partial charge on any atom is 0.258 e. The van der Waals surface area contributed by atoms with Crippen molar-refractivity contribution in [1.29, 1.82) is 0 Å². The van der Waals surface area contributed by atoms with Crippen LogP contribution in [-0.4, -0.2) is 23.0 Å². The summed E-state index contributed by atoms with van der Waals surface area (Å²) in [7, 11) is 1.45. The fourth-order valence-electron chi connectivity index (χ4n) is 1.51.